The van der Waals surface area contributed by atoms with Gasteiger partial charge in [0.15, 0.2) is 5.96 Å². The molecule has 97 heavy (non-hydrogen) atoms. The minimum absolute atomic E-state index is 0.0222. The second-order valence-electron chi connectivity index (χ2n) is 23.4. The molecule has 32 nitrogen and oxygen atoms in total. The highest BCUT2D eigenvalue weighted by atomic mass is 16.3. The third-order valence-electron chi connectivity index (χ3n) is 15.0. The lowest BCUT2D eigenvalue weighted by Crippen LogP contribution is -2.61. The molecule has 1 heterocycles. The van der Waals surface area contributed by atoms with Crippen molar-refractivity contribution in [3.8, 4) is 5.75 Å². The number of nitrogens with one attached hydrogen (secondary N) is 13. The van der Waals surface area contributed by atoms with E-state index in [2.05, 4.69) is 63.5 Å². The number of rotatable bonds is 39. The maximum atomic E-state index is 14.5. The van der Waals surface area contributed by atoms with Crippen LogP contribution in [-0.2, 0) is 88.0 Å². The molecule has 0 unspecified atom stereocenters. The van der Waals surface area contributed by atoms with E-state index in [0.29, 0.717) is 33.2 Å². The molecule has 0 aliphatic rings. The quantitative estimate of drug-likeness (QED) is 0.0102. The predicted octanol–water partition coefficient (Wildman–Crippen LogP) is -3.82. The molecule has 4 aromatic carbocycles. The fourth-order valence-corrected chi connectivity index (χ4v) is 10.1. The minimum atomic E-state index is -1.94. The van der Waals surface area contributed by atoms with Crippen LogP contribution in [0.2, 0.25) is 0 Å². The Hall–Kier alpha value is -11.4. The molecule has 9 atom stereocenters. The van der Waals surface area contributed by atoms with Gasteiger partial charge in [-0.2, -0.15) is 0 Å². The molecule has 0 saturated heterocycles. The van der Waals surface area contributed by atoms with Crippen LogP contribution in [0, 0.1) is 11.3 Å². The minimum Gasteiger partial charge on any atom is -0.508 e. The number of carbonyl (C=O) groups excluding carboxylic acids is 13. The molecule has 0 bridgehead atoms. The normalized spacial score (nSPS) is 13.7. The van der Waals surface area contributed by atoms with Crippen molar-refractivity contribution in [3.63, 3.8) is 0 Å². The molecule has 520 valence electrons. The van der Waals surface area contributed by atoms with Crippen molar-refractivity contribution in [3.05, 3.63) is 138 Å². The van der Waals surface area contributed by atoms with Gasteiger partial charge in [0.05, 0.1) is 26.0 Å². The number of aromatic nitrogens is 1. The van der Waals surface area contributed by atoms with Crippen LogP contribution in [0.25, 0.3) is 10.9 Å². The second-order valence-corrected chi connectivity index (χ2v) is 23.4. The van der Waals surface area contributed by atoms with Gasteiger partial charge in [0.2, 0.25) is 76.8 Å². The van der Waals surface area contributed by atoms with Crippen LogP contribution >= 0.6 is 0 Å². The number of benzene rings is 4. The van der Waals surface area contributed by atoms with Crippen molar-refractivity contribution in [2.75, 3.05) is 19.7 Å². The number of guanidine groups is 1. The first kappa shape index (κ1) is 76.3. The summed E-state index contributed by atoms with van der Waals surface area (Å²) in [5.41, 5.74) is 24.9. The molecular formula is C65H85N17O15. The second kappa shape index (κ2) is 38.1. The molecule has 5 rings (SSSR count). The molecule has 13 amide bonds. The van der Waals surface area contributed by atoms with E-state index < -0.39 is 157 Å². The summed E-state index contributed by atoms with van der Waals surface area (Å²) in [5.74, 6) is -13.4. The number of aromatic amines is 1. The largest absolute Gasteiger partial charge is 0.508 e. The van der Waals surface area contributed by atoms with Crippen LogP contribution in [0.15, 0.2) is 115 Å². The molecule has 0 spiro atoms. The average molecular weight is 1340 g/mol. The smallest absolute Gasteiger partial charge is 0.245 e. The third-order valence-corrected chi connectivity index (χ3v) is 15.0. The van der Waals surface area contributed by atoms with Gasteiger partial charge in [0.25, 0.3) is 0 Å². The van der Waals surface area contributed by atoms with Crippen molar-refractivity contribution in [2.45, 2.75) is 133 Å². The van der Waals surface area contributed by atoms with E-state index in [4.69, 9.17) is 28.3 Å². The number of para-hydroxylation sites is 1. The molecule has 1 aromatic heterocycles. The van der Waals surface area contributed by atoms with Crippen LogP contribution < -0.4 is 81.4 Å². The number of hydrogen-bond donors (Lipinski definition) is 19. The first-order valence-electron chi connectivity index (χ1n) is 31.0. The van der Waals surface area contributed by atoms with Crippen LogP contribution in [0.4, 0.5) is 0 Å². The van der Waals surface area contributed by atoms with E-state index in [1.807, 2.05) is 0 Å². The highest BCUT2D eigenvalue weighted by molar-refractivity contribution is 6.00. The number of primary amides is 3. The zero-order valence-electron chi connectivity index (χ0n) is 53.7. The number of phenols is 1. The van der Waals surface area contributed by atoms with Gasteiger partial charge < -0.3 is 96.6 Å². The van der Waals surface area contributed by atoms with Crippen molar-refractivity contribution in [1.82, 2.24) is 63.5 Å². The van der Waals surface area contributed by atoms with E-state index in [0.717, 1.165) is 6.92 Å². The van der Waals surface area contributed by atoms with Gasteiger partial charge in [0.1, 0.15) is 60.1 Å². The zero-order chi connectivity index (χ0) is 71.3. The van der Waals surface area contributed by atoms with Gasteiger partial charge >= 0.3 is 0 Å². The topological polar surface area (TPSA) is 538 Å². The van der Waals surface area contributed by atoms with E-state index >= 15 is 0 Å². The summed E-state index contributed by atoms with van der Waals surface area (Å²) in [7, 11) is 0. The number of hydrogen-bond acceptors (Lipinski definition) is 16. The van der Waals surface area contributed by atoms with Crippen LogP contribution in [0.3, 0.4) is 0 Å². The van der Waals surface area contributed by atoms with Gasteiger partial charge in [-0.3, -0.25) is 67.7 Å². The van der Waals surface area contributed by atoms with Crippen molar-refractivity contribution >= 4 is 93.7 Å². The summed E-state index contributed by atoms with van der Waals surface area (Å²) in [6, 6.07) is 15.5. The van der Waals surface area contributed by atoms with Crippen LogP contribution in [-0.4, -0.2) is 172 Å². The first-order chi connectivity index (χ1) is 46.1. The maximum Gasteiger partial charge on any atom is 0.245 e. The fourth-order valence-electron chi connectivity index (χ4n) is 10.1. The Labute approximate surface area is 558 Å². The summed E-state index contributed by atoms with van der Waals surface area (Å²) in [5, 5.41) is 55.8. The summed E-state index contributed by atoms with van der Waals surface area (Å²) in [4.78, 5) is 179. The molecule has 0 radical (unpaired) electrons. The van der Waals surface area contributed by atoms with E-state index in [1.165, 1.54) is 30.5 Å². The fraction of sp³-hybridized carbons (Fsp3) is 0.385. The number of fused-ring (bicyclic) bond motifs is 1. The number of amides is 13. The number of nitrogens with two attached hydrogens (primary N) is 4. The average Bonchev–Trinajstić information content (AvgIpc) is 1.71. The number of aliphatic hydroxyl groups is 1. The number of phenolic OH excluding ortho intramolecular Hbond substituents is 1. The van der Waals surface area contributed by atoms with Crippen molar-refractivity contribution in [1.29, 1.82) is 5.41 Å². The van der Waals surface area contributed by atoms with Gasteiger partial charge in [-0.15, -0.1) is 0 Å². The Balaban J connectivity index is 1.32. The number of carbonyl (C=O) groups is 13. The van der Waals surface area contributed by atoms with Crippen molar-refractivity contribution in [2.24, 2.45) is 28.9 Å². The van der Waals surface area contributed by atoms with Gasteiger partial charge in [-0.05, 0) is 65.6 Å². The van der Waals surface area contributed by atoms with Gasteiger partial charge in [-0.25, -0.2) is 0 Å². The monoisotopic (exact) mass is 1340 g/mol. The maximum absolute atomic E-state index is 14.5. The lowest BCUT2D eigenvalue weighted by atomic mass is 10.0. The van der Waals surface area contributed by atoms with Gasteiger partial charge in [0, 0.05) is 56.3 Å². The van der Waals surface area contributed by atoms with E-state index in [1.54, 1.807) is 98.8 Å². The molecular weight excluding hydrogens is 1260 g/mol. The Morgan fingerprint density at radius 1 is 0.474 bits per heavy atom. The van der Waals surface area contributed by atoms with Crippen LogP contribution in [0.5, 0.6) is 5.75 Å². The first-order valence-corrected chi connectivity index (χ1v) is 31.0. The standard InChI is InChI=1S/C65H85N17O15/c1-35(2)25-46(59(92)76-44(19-12-24-71-65(69)70)58(91)77-45(56(68)89)26-37-13-6-4-7-14-37)75-55(88)33-73-57(90)47(27-38-15-8-5-9-16-38)78-64(97)52(34-83)82-63(96)51(31-54(67)87)81-61(94)49(29-40-32-72-43-18-11-10-17-42(40)43)79-62(95)50(30-53(66)86)80-60(93)48(74-36(3)84)28-39-20-22-41(85)23-21-39/h4-11,13-18,20-23,32,35,44-52,72,83,85H,12,19,24-31,33-34H2,1-3H3,(H2,66,86)(H2,67,87)(H2,68,89)(H,73,90)(H,74,84)(H,75,88)(H,76,92)(H,77,91)(H,78,97)(H,79,95)(H,80,93)(H,81,94)(H,82,96)(H4,69,70,71)/t44-,45-,46-,47-,48-,49-,50-,51-,52-/m0/s1. The predicted molar refractivity (Wildman–Crippen MR) is 353 cm³/mol. The molecule has 0 fully saturated rings. The Morgan fingerprint density at radius 3 is 1.42 bits per heavy atom. The van der Waals surface area contributed by atoms with Gasteiger partial charge in [-0.1, -0.05) is 105 Å². The zero-order valence-corrected chi connectivity index (χ0v) is 53.7. The molecule has 0 aliphatic carbocycles. The van der Waals surface area contributed by atoms with Crippen molar-refractivity contribution < 1.29 is 72.5 Å². The SMILES string of the molecule is CC(=O)N[C@@H](Cc1ccc(O)cc1)C(=O)N[C@@H](CC(N)=O)C(=O)N[C@@H](Cc1c[nH]c2ccccc12)C(=O)N[C@@H](CC(N)=O)C(=O)N[C@@H](CO)C(=O)N[C@@H](Cc1ccccc1)C(=O)NCC(=O)N[C@@H](CC(C)C)C(=O)N[C@@H](CCCNC(=N)N)C(=O)N[C@@H](Cc1ccccc1)C(N)=O. The summed E-state index contributed by atoms with van der Waals surface area (Å²) in [6.07, 6.45) is -0.687. The Morgan fingerprint density at radius 2 is 0.907 bits per heavy atom. The molecule has 0 saturated carbocycles. The lowest BCUT2D eigenvalue weighted by molar-refractivity contribution is -0.137. The number of aromatic hydroxyl groups is 1. The molecule has 32 heteroatoms. The highest BCUT2D eigenvalue weighted by Gasteiger charge is 2.36. The molecule has 0 aliphatic heterocycles. The summed E-state index contributed by atoms with van der Waals surface area (Å²) in [6.45, 7) is 2.88. The molecule has 23 N–H and O–H groups in total. The van der Waals surface area contributed by atoms with E-state index in [-0.39, 0.29) is 69.1 Å². The summed E-state index contributed by atoms with van der Waals surface area (Å²) >= 11 is 0. The van der Waals surface area contributed by atoms with Crippen LogP contribution in [0.1, 0.15) is 75.1 Å². The Bertz CT molecular complexity index is 3590. The highest BCUT2D eigenvalue weighted by Crippen LogP contribution is 2.20. The third kappa shape index (κ3) is 26.1. The Kier molecular flexibility index (Phi) is 29.9. The number of H-pyrrole nitrogens is 1. The summed E-state index contributed by atoms with van der Waals surface area (Å²) < 4.78 is 0. The lowest BCUT2D eigenvalue weighted by Gasteiger charge is -2.27. The number of aliphatic hydroxyl groups excluding tert-OH is 1. The molecule has 5 aromatic rings. The van der Waals surface area contributed by atoms with E-state index in [9.17, 15) is 72.5 Å².